The van der Waals surface area contributed by atoms with E-state index in [1.807, 2.05) is 44.2 Å². The Morgan fingerprint density at radius 1 is 1.03 bits per heavy atom. The Balaban J connectivity index is 1.61. The van der Waals surface area contributed by atoms with Crippen molar-refractivity contribution < 1.29 is 9.13 Å². The predicted octanol–water partition coefficient (Wildman–Crippen LogP) is 5.01. The highest BCUT2D eigenvalue weighted by Gasteiger charge is 2.13. The summed E-state index contributed by atoms with van der Waals surface area (Å²) >= 11 is 1.32. The van der Waals surface area contributed by atoms with Gasteiger partial charge in [-0.2, -0.15) is 0 Å². The summed E-state index contributed by atoms with van der Waals surface area (Å²) in [6.07, 6.45) is 1.74. The van der Waals surface area contributed by atoms with Gasteiger partial charge in [0.2, 0.25) is 0 Å². The van der Waals surface area contributed by atoms with Gasteiger partial charge in [0.05, 0.1) is 15.6 Å². The molecular weight excluding hydrogens is 399 g/mol. The highest BCUT2D eigenvalue weighted by molar-refractivity contribution is 7.15. The zero-order valence-electron chi connectivity index (χ0n) is 16.3. The van der Waals surface area contributed by atoms with Crippen LogP contribution in [0.25, 0.3) is 22.1 Å². The van der Waals surface area contributed by atoms with Crippen LogP contribution in [0.3, 0.4) is 0 Å². The van der Waals surface area contributed by atoms with Gasteiger partial charge in [0.1, 0.15) is 5.75 Å². The van der Waals surface area contributed by atoms with Gasteiger partial charge in [-0.3, -0.25) is 4.79 Å². The molecule has 3 aromatic carbocycles. The number of thiazole rings is 1. The van der Waals surface area contributed by atoms with Crippen molar-refractivity contribution in [2.24, 2.45) is 0 Å². The second kappa shape index (κ2) is 7.07. The minimum absolute atomic E-state index is 0.111. The average molecular weight is 416 g/mol. The first-order valence-corrected chi connectivity index (χ1v) is 10.3. The van der Waals surface area contributed by atoms with Gasteiger partial charge in [-0.25, -0.2) is 13.8 Å². The fraction of sp³-hybridized carbons (Fsp3) is 0.0833. The fourth-order valence-electron chi connectivity index (χ4n) is 3.37. The van der Waals surface area contributed by atoms with E-state index in [2.05, 4.69) is 4.98 Å². The largest absolute Gasteiger partial charge is 0.454 e. The van der Waals surface area contributed by atoms with Crippen LogP contribution in [0, 0.1) is 19.7 Å². The van der Waals surface area contributed by atoms with Crippen LogP contribution in [0.5, 0.6) is 11.5 Å². The quantitative estimate of drug-likeness (QED) is 0.416. The van der Waals surface area contributed by atoms with Gasteiger partial charge in [0, 0.05) is 0 Å². The Bertz CT molecular complexity index is 1520. The van der Waals surface area contributed by atoms with E-state index in [0.29, 0.717) is 20.8 Å². The maximum atomic E-state index is 14.2. The number of halogens is 1. The zero-order valence-corrected chi connectivity index (χ0v) is 17.2. The van der Waals surface area contributed by atoms with Crippen LogP contribution in [-0.2, 0) is 0 Å². The van der Waals surface area contributed by atoms with E-state index in [0.717, 1.165) is 22.2 Å². The summed E-state index contributed by atoms with van der Waals surface area (Å²) in [5, 5.41) is 0. The predicted molar refractivity (Wildman–Crippen MR) is 118 cm³/mol. The van der Waals surface area contributed by atoms with Crippen LogP contribution in [0.15, 0.2) is 65.5 Å². The number of aromatic nitrogens is 2. The first kappa shape index (κ1) is 18.5. The molecule has 5 rings (SSSR count). The van der Waals surface area contributed by atoms with Gasteiger partial charge in [-0.1, -0.05) is 35.6 Å². The molecule has 6 heteroatoms. The van der Waals surface area contributed by atoms with Gasteiger partial charge in [0.25, 0.3) is 5.56 Å². The lowest BCUT2D eigenvalue weighted by atomic mass is 10.1. The Kier molecular flexibility index (Phi) is 4.37. The molecule has 0 aliphatic rings. The molecule has 0 bridgehead atoms. The molecule has 0 fully saturated rings. The summed E-state index contributed by atoms with van der Waals surface area (Å²) in [7, 11) is 0. The lowest BCUT2D eigenvalue weighted by molar-refractivity contribution is 0.442. The molecule has 0 atom stereocenters. The van der Waals surface area contributed by atoms with E-state index in [9.17, 15) is 9.18 Å². The van der Waals surface area contributed by atoms with Crippen molar-refractivity contribution in [3.05, 3.63) is 98.1 Å². The highest BCUT2D eigenvalue weighted by Crippen LogP contribution is 2.26. The maximum Gasteiger partial charge on any atom is 0.274 e. The minimum Gasteiger partial charge on any atom is -0.454 e. The van der Waals surface area contributed by atoms with E-state index < -0.39 is 5.82 Å². The number of hydrogen-bond acceptors (Lipinski definition) is 4. The number of ether oxygens (including phenoxy) is 1. The molecule has 2 heterocycles. The lowest BCUT2D eigenvalue weighted by Crippen LogP contribution is -2.22. The minimum atomic E-state index is -0.462. The molecule has 0 aliphatic carbocycles. The van der Waals surface area contributed by atoms with Crippen LogP contribution in [0.2, 0.25) is 0 Å². The highest BCUT2D eigenvalue weighted by atomic mass is 32.1. The normalized spacial score (nSPS) is 12.2. The summed E-state index contributed by atoms with van der Waals surface area (Å²) in [4.78, 5) is 18.3. The molecule has 5 aromatic rings. The van der Waals surface area contributed by atoms with E-state index in [1.54, 1.807) is 34.7 Å². The molecule has 148 valence electrons. The van der Waals surface area contributed by atoms with Crippen LogP contribution in [0.4, 0.5) is 4.39 Å². The van der Waals surface area contributed by atoms with Crippen molar-refractivity contribution in [1.82, 2.24) is 9.38 Å². The third kappa shape index (κ3) is 3.15. The molecule has 30 heavy (non-hydrogen) atoms. The Labute approximate surface area is 175 Å². The first-order chi connectivity index (χ1) is 14.5. The summed E-state index contributed by atoms with van der Waals surface area (Å²) < 4.78 is 22.1. The molecule has 0 radical (unpaired) electrons. The molecule has 0 saturated heterocycles. The molecule has 0 saturated carbocycles. The van der Waals surface area contributed by atoms with Crippen LogP contribution in [0.1, 0.15) is 16.7 Å². The average Bonchev–Trinajstić information content (AvgIpc) is 3.22. The van der Waals surface area contributed by atoms with Crippen LogP contribution < -0.4 is 14.8 Å². The monoisotopic (exact) mass is 416 g/mol. The summed E-state index contributed by atoms with van der Waals surface area (Å²) in [6.45, 7) is 4.05. The SMILES string of the molecule is Cc1cc2nc3sc(=Cc4ccc(F)c(Oc5ccccc5)c4)c(=O)n3c2cc1C. The summed E-state index contributed by atoms with van der Waals surface area (Å²) in [5.41, 5.74) is 4.43. The number of nitrogens with zero attached hydrogens (tertiary/aromatic N) is 2. The van der Waals surface area contributed by atoms with Gasteiger partial charge in [0.15, 0.2) is 16.5 Å². The van der Waals surface area contributed by atoms with E-state index in [-0.39, 0.29) is 11.3 Å². The fourth-order valence-corrected chi connectivity index (χ4v) is 4.36. The van der Waals surface area contributed by atoms with E-state index in [4.69, 9.17) is 4.74 Å². The molecule has 4 nitrogen and oxygen atoms in total. The Hall–Kier alpha value is -3.51. The van der Waals surface area contributed by atoms with Crippen molar-refractivity contribution in [3.8, 4) is 11.5 Å². The second-order valence-electron chi connectivity index (χ2n) is 7.18. The summed E-state index contributed by atoms with van der Waals surface area (Å²) in [6, 6.07) is 17.6. The number of para-hydroxylation sites is 1. The number of hydrogen-bond donors (Lipinski definition) is 0. The van der Waals surface area contributed by atoms with Crippen LogP contribution >= 0.6 is 11.3 Å². The van der Waals surface area contributed by atoms with E-state index >= 15 is 0 Å². The van der Waals surface area contributed by atoms with E-state index in [1.165, 1.54) is 17.4 Å². The van der Waals surface area contributed by atoms with Crippen molar-refractivity contribution in [1.29, 1.82) is 0 Å². The molecular formula is C24H17FN2O2S. The van der Waals surface area contributed by atoms with Gasteiger partial charge >= 0.3 is 0 Å². The molecule has 0 unspecified atom stereocenters. The number of rotatable bonds is 3. The lowest BCUT2D eigenvalue weighted by Gasteiger charge is -2.07. The maximum absolute atomic E-state index is 14.2. The third-order valence-corrected chi connectivity index (χ3v) is 6.05. The number of benzene rings is 3. The van der Waals surface area contributed by atoms with Crippen LogP contribution in [-0.4, -0.2) is 9.38 Å². The van der Waals surface area contributed by atoms with Crippen molar-refractivity contribution in [2.75, 3.05) is 0 Å². The van der Waals surface area contributed by atoms with Crippen molar-refractivity contribution in [2.45, 2.75) is 13.8 Å². The van der Waals surface area contributed by atoms with Gasteiger partial charge in [-0.05, 0) is 73.0 Å². The summed E-state index contributed by atoms with van der Waals surface area (Å²) in [5.74, 6) is 0.196. The molecule has 0 amide bonds. The van der Waals surface area contributed by atoms with Crippen molar-refractivity contribution in [3.63, 3.8) is 0 Å². The van der Waals surface area contributed by atoms with Gasteiger partial charge < -0.3 is 4.74 Å². The zero-order chi connectivity index (χ0) is 20.8. The Morgan fingerprint density at radius 3 is 2.60 bits per heavy atom. The Morgan fingerprint density at radius 2 is 1.80 bits per heavy atom. The first-order valence-electron chi connectivity index (χ1n) is 9.46. The third-order valence-electron chi connectivity index (χ3n) is 5.08. The van der Waals surface area contributed by atoms with Gasteiger partial charge in [-0.15, -0.1) is 0 Å². The molecule has 0 spiro atoms. The number of imidazole rings is 1. The van der Waals surface area contributed by atoms with Crippen molar-refractivity contribution >= 4 is 33.4 Å². The molecule has 0 N–H and O–H groups in total. The number of fused-ring (bicyclic) bond motifs is 3. The standard InChI is InChI=1S/C24H17FN2O2S/c1-14-10-19-20(11-15(14)2)27-23(28)22(30-24(27)26-19)13-16-8-9-18(25)21(12-16)29-17-6-4-3-5-7-17/h3-13H,1-2H3. The topological polar surface area (TPSA) is 43.6 Å². The number of aryl methyl sites for hydroxylation is 2. The molecule has 2 aromatic heterocycles. The molecule has 0 aliphatic heterocycles. The smallest absolute Gasteiger partial charge is 0.274 e. The second-order valence-corrected chi connectivity index (χ2v) is 8.18.